The molecule has 0 unspecified atom stereocenters. The van der Waals surface area contributed by atoms with Crippen molar-refractivity contribution in [2.24, 2.45) is 5.73 Å². The second-order valence-corrected chi connectivity index (χ2v) is 7.19. The highest BCUT2D eigenvalue weighted by atomic mass is 16.5. The van der Waals surface area contributed by atoms with E-state index in [4.69, 9.17) is 24.7 Å². The predicted octanol–water partition coefficient (Wildman–Crippen LogP) is 2.57. The lowest BCUT2D eigenvalue weighted by Crippen LogP contribution is -2.16. The van der Waals surface area contributed by atoms with Crippen molar-refractivity contribution in [1.29, 1.82) is 0 Å². The zero-order valence-electron chi connectivity index (χ0n) is 19.6. The third-order valence-corrected chi connectivity index (χ3v) is 4.69. The van der Waals surface area contributed by atoms with Crippen LogP contribution in [-0.4, -0.2) is 68.7 Å². The highest BCUT2D eigenvalue weighted by molar-refractivity contribution is 5.58. The maximum absolute atomic E-state index is 5.56. The summed E-state index contributed by atoms with van der Waals surface area (Å²) in [4.78, 5) is 13.7. The van der Waals surface area contributed by atoms with Crippen LogP contribution in [0.3, 0.4) is 0 Å². The molecule has 0 saturated carbocycles. The highest BCUT2D eigenvalue weighted by Gasteiger charge is 2.09. The average Bonchev–Trinajstić information content (AvgIpc) is 2.89. The molecule has 0 fully saturated rings. The Morgan fingerprint density at radius 1 is 0.765 bits per heavy atom. The summed E-state index contributed by atoms with van der Waals surface area (Å²) in [6, 6.07) is 15.5. The number of anilines is 2. The number of hydrogen-bond acceptors (Lipinski definition) is 10. The summed E-state index contributed by atoms with van der Waals surface area (Å²) < 4.78 is 21.6. The van der Waals surface area contributed by atoms with Crippen molar-refractivity contribution in [3.63, 3.8) is 0 Å². The van der Waals surface area contributed by atoms with Gasteiger partial charge in [-0.25, -0.2) is 0 Å². The van der Waals surface area contributed by atoms with Crippen LogP contribution in [0.2, 0.25) is 0 Å². The van der Waals surface area contributed by atoms with Crippen molar-refractivity contribution in [3.05, 3.63) is 54.1 Å². The third-order valence-electron chi connectivity index (χ3n) is 4.69. The van der Waals surface area contributed by atoms with Crippen LogP contribution in [0.1, 0.15) is 5.56 Å². The number of rotatable bonds is 15. The molecule has 0 bridgehead atoms. The zero-order chi connectivity index (χ0) is 24.0. The molecule has 10 nitrogen and oxygen atoms in total. The van der Waals surface area contributed by atoms with Gasteiger partial charge in [-0.3, -0.25) is 0 Å². The summed E-state index contributed by atoms with van der Waals surface area (Å²) in [5.74, 6) is 2.91. The second-order valence-electron chi connectivity index (χ2n) is 7.19. The normalized spacial score (nSPS) is 10.7. The molecule has 182 valence electrons. The van der Waals surface area contributed by atoms with Gasteiger partial charge in [0.1, 0.15) is 11.5 Å². The maximum atomic E-state index is 5.56. The summed E-state index contributed by atoms with van der Waals surface area (Å²) in [7, 11) is 3.25. The van der Waals surface area contributed by atoms with E-state index in [0.717, 1.165) is 11.1 Å². The van der Waals surface area contributed by atoms with Crippen molar-refractivity contribution in [2.75, 3.05) is 64.4 Å². The van der Waals surface area contributed by atoms with Gasteiger partial charge >= 0.3 is 0 Å². The van der Waals surface area contributed by atoms with Crippen LogP contribution in [0.5, 0.6) is 11.5 Å². The van der Waals surface area contributed by atoms with E-state index in [-0.39, 0.29) is 0 Å². The fourth-order valence-corrected chi connectivity index (χ4v) is 3.04. The van der Waals surface area contributed by atoms with E-state index in [1.54, 1.807) is 14.2 Å². The molecule has 0 aliphatic heterocycles. The number of ether oxygens (including phenoxy) is 4. The topological polar surface area (TPSA) is 126 Å². The third kappa shape index (κ3) is 8.14. The molecule has 34 heavy (non-hydrogen) atoms. The lowest BCUT2D eigenvalue weighted by molar-refractivity contribution is 0.0547. The minimum Gasteiger partial charge on any atom is -0.497 e. The van der Waals surface area contributed by atoms with E-state index in [2.05, 4.69) is 25.6 Å². The predicted molar refractivity (Wildman–Crippen MR) is 131 cm³/mol. The van der Waals surface area contributed by atoms with E-state index in [1.807, 2.05) is 48.5 Å². The molecule has 0 amide bonds. The molecule has 3 rings (SSSR count). The first kappa shape index (κ1) is 25.2. The van der Waals surface area contributed by atoms with E-state index in [0.29, 0.717) is 75.3 Å². The van der Waals surface area contributed by atoms with Crippen LogP contribution >= 0.6 is 0 Å². The van der Waals surface area contributed by atoms with Gasteiger partial charge in [0.2, 0.25) is 11.9 Å². The molecule has 0 radical (unpaired) electrons. The number of nitrogens with two attached hydrogens (primary N) is 1. The van der Waals surface area contributed by atoms with Gasteiger partial charge in [0.15, 0.2) is 5.82 Å². The van der Waals surface area contributed by atoms with Crippen LogP contribution in [-0.2, 0) is 16.0 Å². The summed E-state index contributed by atoms with van der Waals surface area (Å²) in [6.45, 7) is 3.58. The zero-order valence-corrected chi connectivity index (χ0v) is 19.6. The Bertz CT molecular complexity index is 984. The molecular weight excluding hydrogens is 436 g/mol. The standard InChI is InChI=1S/C24H32N6O4/c1-31-20-14-18(15-21(16-20)32-2)17-27-24-29-22(19-6-4-3-5-7-19)28-23(30-24)26-9-11-34-13-12-33-10-8-25/h3-7,14-16H,8-13,17,25H2,1-2H3,(H2,26,27,28,29,30). The molecule has 1 heterocycles. The number of nitrogens with zero attached hydrogens (tertiary/aromatic N) is 3. The summed E-state index contributed by atoms with van der Waals surface area (Å²) >= 11 is 0. The van der Waals surface area contributed by atoms with Crippen LogP contribution in [0, 0.1) is 0 Å². The van der Waals surface area contributed by atoms with Gasteiger partial charge in [-0.2, -0.15) is 15.0 Å². The van der Waals surface area contributed by atoms with Crippen molar-refractivity contribution in [2.45, 2.75) is 6.54 Å². The summed E-state index contributed by atoms with van der Waals surface area (Å²) in [5, 5.41) is 6.48. The van der Waals surface area contributed by atoms with Gasteiger partial charge in [0.05, 0.1) is 40.6 Å². The van der Waals surface area contributed by atoms with E-state index < -0.39 is 0 Å². The van der Waals surface area contributed by atoms with Gasteiger partial charge in [-0.15, -0.1) is 0 Å². The van der Waals surface area contributed by atoms with Crippen molar-refractivity contribution >= 4 is 11.9 Å². The number of benzene rings is 2. The largest absolute Gasteiger partial charge is 0.497 e. The first-order chi connectivity index (χ1) is 16.7. The van der Waals surface area contributed by atoms with Gasteiger partial charge in [-0.05, 0) is 17.7 Å². The quantitative estimate of drug-likeness (QED) is 0.287. The Morgan fingerprint density at radius 2 is 1.41 bits per heavy atom. The first-order valence-electron chi connectivity index (χ1n) is 11.1. The minimum atomic E-state index is 0.453. The molecule has 0 spiro atoms. The smallest absolute Gasteiger partial charge is 0.228 e. The number of hydrogen-bond donors (Lipinski definition) is 3. The molecule has 1 aromatic heterocycles. The van der Waals surface area contributed by atoms with E-state index >= 15 is 0 Å². The molecule has 0 aliphatic carbocycles. The summed E-state index contributed by atoms with van der Waals surface area (Å²) in [6.07, 6.45) is 0. The Morgan fingerprint density at radius 3 is 2.06 bits per heavy atom. The molecule has 2 aromatic carbocycles. The fraction of sp³-hybridized carbons (Fsp3) is 0.375. The molecule has 0 atom stereocenters. The number of aromatic nitrogens is 3. The van der Waals surface area contributed by atoms with Crippen LogP contribution in [0.4, 0.5) is 11.9 Å². The Labute approximate surface area is 199 Å². The fourth-order valence-electron chi connectivity index (χ4n) is 3.04. The molecule has 3 aromatic rings. The maximum Gasteiger partial charge on any atom is 0.228 e. The Balaban J connectivity index is 1.66. The van der Waals surface area contributed by atoms with Gasteiger partial charge in [-0.1, -0.05) is 30.3 Å². The lowest BCUT2D eigenvalue weighted by atomic mass is 10.2. The molecule has 0 saturated heterocycles. The number of methoxy groups -OCH3 is 2. The second kappa shape index (κ2) is 13.9. The average molecular weight is 469 g/mol. The number of nitrogens with one attached hydrogen (secondary N) is 2. The molecular formula is C24H32N6O4. The van der Waals surface area contributed by atoms with Gasteiger partial charge in [0.25, 0.3) is 0 Å². The lowest BCUT2D eigenvalue weighted by Gasteiger charge is -2.12. The molecule has 0 aliphatic rings. The highest BCUT2D eigenvalue weighted by Crippen LogP contribution is 2.23. The SMILES string of the molecule is COc1cc(CNc2nc(NCCOCCOCCN)nc(-c3ccccc3)n2)cc(OC)c1. The van der Waals surface area contributed by atoms with Crippen LogP contribution in [0.25, 0.3) is 11.4 Å². The van der Waals surface area contributed by atoms with E-state index in [1.165, 1.54) is 0 Å². The molecule has 4 N–H and O–H groups in total. The minimum absolute atomic E-state index is 0.453. The van der Waals surface area contributed by atoms with Crippen LogP contribution < -0.4 is 25.8 Å². The monoisotopic (exact) mass is 468 g/mol. The van der Waals surface area contributed by atoms with Crippen molar-refractivity contribution in [1.82, 2.24) is 15.0 Å². The van der Waals surface area contributed by atoms with Gasteiger partial charge < -0.3 is 35.3 Å². The Hall–Kier alpha value is -3.47. The van der Waals surface area contributed by atoms with E-state index in [9.17, 15) is 0 Å². The van der Waals surface area contributed by atoms with Crippen molar-refractivity contribution in [3.8, 4) is 22.9 Å². The van der Waals surface area contributed by atoms with Crippen molar-refractivity contribution < 1.29 is 18.9 Å². The Kier molecular flexibility index (Phi) is 10.3. The summed E-state index contributed by atoms with van der Waals surface area (Å²) in [5.41, 5.74) is 7.26. The van der Waals surface area contributed by atoms with Gasteiger partial charge in [0, 0.05) is 31.3 Å². The first-order valence-corrected chi connectivity index (χ1v) is 11.1. The molecule has 10 heteroatoms. The van der Waals surface area contributed by atoms with Crippen LogP contribution in [0.15, 0.2) is 48.5 Å².